The molecule has 0 saturated heterocycles. The second kappa shape index (κ2) is 9.22. The minimum atomic E-state index is -0.390. The monoisotopic (exact) mass is 422 g/mol. The lowest BCUT2D eigenvalue weighted by Gasteiger charge is -2.39. The number of esters is 1. The Bertz CT molecular complexity index is 994. The van der Waals surface area contributed by atoms with Crippen LogP contribution in [0.3, 0.4) is 0 Å². The van der Waals surface area contributed by atoms with Crippen LogP contribution in [0, 0.1) is 5.41 Å². The smallest absolute Gasteiger partial charge is 0.308 e. The van der Waals surface area contributed by atoms with Gasteiger partial charge in [0, 0.05) is 19.0 Å². The van der Waals surface area contributed by atoms with Crippen molar-refractivity contribution in [2.45, 2.75) is 40.3 Å². The van der Waals surface area contributed by atoms with Crippen molar-refractivity contribution in [3.8, 4) is 5.06 Å². The molecule has 1 atom stereocenters. The fraction of sp³-hybridized carbons (Fsp3) is 0.292. The Labute approximate surface area is 181 Å². The molecule has 0 spiro atoms. The highest BCUT2D eigenvalue weighted by Gasteiger charge is 2.37. The van der Waals surface area contributed by atoms with Gasteiger partial charge in [-0.25, -0.2) is 4.98 Å². The van der Waals surface area contributed by atoms with Crippen LogP contribution in [0.25, 0.3) is 0 Å². The SMILES string of the molecule is CC(=O)Oc1cnc(C(N(Cc2ccccc2)C(=O)c2ccccc2)C(C)(C)C)s1. The Morgan fingerprint density at radius 2 is 1.63 bits per heavy atom. The van der Waals surface area contributed by atoms with E-state index in [1.165, 1.54) is 18.3 Å². The number of ether oxygens (including phenoxy) is 1. The highest BCUT2D eigenvalue weighted by atomic mass is 32.1. The van der Waals surface area contributed by atoms with Crippen LogP contribution < -0.4 is 4.74 Å². The summed E-state index contributed by atoms with van der Waals surface area (Å²) in [6.07, 6.45) is 1.55. The van der Waals surface area contributed by atoms with Crippen LogP contribution in [0.5, 0.6) is 5.06 Å². The fourth-order valence-corrected chi connectivity index (χ4v) is 4.53. The zero-order valence-electron chi connectivity index (χ0n) is 17.7. The van der Waals surface area contributed by atoms with E-state index in [2.05, 4.69) is 25.8 Å². The molecule has 0 aliphatic rings. The summed E-state index contributed by atoms with van der Waals surface area (Å²) >= 11 is 1.30. The van der Waals surface area contributed by atoms with Crippen molar-refractivity contribution >= 4 is 23.2 Å². The Morgan fingerprint density at radius 1 is 1.03 bits per heavy atom. The number of thiazole rings is 1. The highest BCUT2D eigenvalue weighted by molar-refractivity contribution is 7.13. The first kappa shape index (κ1) is 21.7. The summed E-state index contributed by atoms with van der Waals surface area (Å²) in [5.41, 5.74) is 1.36. The molecule has 0 saturated carbocycles. The van der Waals surface area contributed by atoms with Crippen LogP contribution in [-0.4, -0.2) is 21.8 Å². The average molecular weight is 423 g/mol. The average Bonchev–Trinajstić information content (AvgIpc) is 3.14. The maximum Gasteiger partial charge on any atom is 0.308 e. The summed E-state index contributed by atoms with van der Waals surface area (Å²) in [6, 6.07) is 18.9. The zero-order chi connectivity index (χ0) is 21.7. The molecule has 5 nitrogen and oxygen atoms in total. The van der Waals surface area contributed by atoms with Gasteiger partial charge >= 0.3 is 5.97 Å². The molecule has 1 aromatic heterocycles. The summed E-state index contributed by atoms with van der Waals surface area (Å²) in [7, 11) is 0. The van der Waals surface area contributed by atoms with E-state index in [0.29, 0.717) is 17.2 Å². The Balaban J connectivity index is 2.05. The Hall–Kier alpha value is -2.99. The third kappa shape index (κ3) is 5.33. The second-order valence-corrected chi connectivity index (χ2v) is 9.19. The summed E-state index contributed by atoms with van der Waals surface area (Å²) in [4.78, 5) is 31.3. The minimum absolute atomic E-state index is 0.0661. The summed E-state index contributed by atoms with van der Waals surface area (Å²) in [5.74, 6) is -0.456. The number of nitrogens with zero attached hydrogens (tertiary/aromatic N) is 2. The number of hydrogen-bond donors (Lipinski definition) is 0. The van der Waals surface area contributed by atoms with E-state index in [9.17, 15) is 9.59 Å². The highest BCUT2D eigenvalue weighted by Crippen LogP contribution is 2.42. The quantitative estimate of drug-likeness (QED) is 0.492. The molecule has 1 unspecified atom stereocenters. The predicted octanol–water partition coefficient (Wildman–Crippen LogP) is 5.50. The van der Waals surface area contributed by atoms with Crippen molar-refractivity contribution in [1.29, 1.82) is 0 Å². The molecule has 0 radical (unpaired) electrons. The Kier molecular flexibility index (Phi) is 6.67. The van der Waals surface area contributed by atoms with Crippen LogP contribution in [-0.2, 0) is 11.3 Å². The molecular weight excluding hydrogens is 396 g/mol. The lowest BCUT2D eigenvalue weighted by atomic mass is 9.85. The number of amides is 1. The van der Waals surface area contributed by atoms with Gasteiger partial charge in [-0.1, -0.05) is 80.6 Å². The normalized spacial score (nSPS) is 12.3. The van der Waals surface area contributed by atoms with Crippen molar-refractivity contribution in [2.75, 3.05) is 0 Å². The number of benzene rings is 2. The number of carbonyl (C=O) groups is 2. The van der Waals surface area contributed by atoms with E-state index in [1.54, 1.807) is 6.20 Å². The molecule has 156 valence electrons. The molecule has 6 heteroatoms. The second-order valence-electron chi connectivity index (χ2n) is 8.16. The summed E-state index contributed by atoms with van der Waals surface area (Å²) in [6.45, 7) is 8.06. The van der Waals surface area contributed by atoms with Crippen LogP contribution in [0.4, 0.5) is 0 Å². The standard InChI is InChI=1S/C24H26N2O3S/c1-17(27)29-20-15-25-22(30-20)21(24(2,3)4)26(16-18-11-7-5-8-12-18)23(28)19-13-9-6-10-14-19/h5-15,21H,16H2,1-4H3. The van der Waals surface area contributed by atoms with E-state index in [1.807, 2.05) is 65.6 Å². The molecule has 0 fully saturated rings. The summed E-state index contributed by atoms with van der Waals surface area (Å²) in [5, 5.41) is 1.16. The first-order chi connectivity index (χ1) is 14.3. The van der Waals surface area contributed by atoms with Gasteiger partial charge in [0.1, 0.15) is 5.01 Å². The summed E-state index contributed by atoms with van der Waals surface area (Å²) < 4.78 is 5.21. The van der Waals surface area contributed by atoms with Crippen LogP contribution in [0.15, 0.2) is 66.9 Å². The van der Waals surface area contributed by atoms with Gasteiger partial charge in [0.2, 0.25) is 5.06 Å². The molecule has 3 aromatic rings. The topological polar surface area (TPSA) is 59.5 Å². The van der Waals surface area contributed by atoms with Crippen LogP contribution in [0.1, 0.15) is 54.7 Å². The molecular formula is C24H26N2O3S. The van der Waals surface area contributed by atoms with E-state index in [-0.39, 0.29) is 23.3 Å². The van der Waals surface area contributed by atoms with Crippen molar-refractivity contribution in [3.05, 3.63) is 83.0 Å². The molecule has 1 amide bonds. The molecule has 2 aromatic carbocycles. The van der Waals surface area contributed by atoms with Gasteiger partial charge in [0.25, 0.3) is 5.91 Å². The van der Waals surface area contributed by atoms with Gasteiger partial charge in [0.15, 0.2) is 0 Å². The number of hydrogen-bond acceptors (Lipinski definition) is 5. The third-order valence-corrected chi connectivity index (χ3v) is 5.52. The van der Waals surface area contributed by atoms with Crippen LogP contribution in [0.2, 0.25) is 0 Å². The predicted molar refractivity (Wildman–Crippen MR) is 118 cm³/mol. The maximum atomic E-state index is 13.6. The molecule has 30 heavy (non-hydrogen) atoms. The van der Waals surface area contributed by atoms with Crippen molar-refractivity contribution in [1.82, 2.24) is 9.88 Å². The lowest BCUT2D eigenvalue weighted by molar-refractivity contribution is -0.131. The van der Waals surface area contributed by atoms with Crippen molar-refractivity contribution < 1.29 is 14.3 Å². The van der Waals surface area contributed by atoms with E-state index in [4.69, 9.17) is 4.74 Å². The van der Waals surface area contributed by atoms with Crippen LogP contribution >= 0.6 is 11.3 Å². The number of carbonyl (C=O) groups excluding carboxylic acids is 2. The van der Waals surface area contributed by atoms with Gasteiger partial charge in [-0.2, -0.15) is 0 Å². The first-order valence-electron chi connectivity index (χ1n) is 9.80. The van der Waals surface area contributed by atoms with Gasteiger partial charge in [-0.15, -0.1) is 0 Å². The van der Waals surface area contributed by atoms with Crippen molar-refractivity contribution in [2.24, 2.45) is 5.41 Å². The molecule has 0 N–H and O–H groups in total. The lowest BCUT2D eigenvalue weighted by Crippen LogP contribution is -2.40. The van der Waals surface area contributed by atoms with E-state index in [0.717, 1.165) is 10.6 Å². The number of rotatable bonds is 6. The van der Waals surface area contributed by atoms with E-state index >= 15 is 0 Å². The number of aromatic nitrogens is 1. The maximum absolute atomic E-state index is 13.6. The third-order valence-electron chi connectivity index (χ3n) is 4.59. The van der Waals surface area contributed by atoms with Gasteiger partial charge in [-0.3, -0.25) is 9.59 Å². The van der Waals surface area contributed by atoms with Gasteiger partial charge in [-0.05, 0) is 23.1 Å². The fourth-order valence-electron chi connectivity index (χ4n) is 3.37. The van der Waals surface area contributed by atoms with Crippen molar-refractivity contribution in [3.63, 3.8) is 0 Å². The molecule has 0 aliphatic carbocycles. The minimum Gasteiger partial charge on any atom is -0.414 e. The first-order valence-corrected chi connectivity index (χ1v) is 10.6. The molecule has 1 heterocycles. The molecule has 0 bridgehead atoms. The van der Waals surface area contributed by atoms with E-state index < -0.39 is 0 Å². The Morgan fingerprint density at radius 3 is 2.20 bits per heavy atom. The molecule has 0 aliphatic heterocycles. The zero-order valence-corrected chi connectivity index (χ0v) is 18.5. The largest absolute Gasteiger partial charge is 0.414 e. The van der Waals surface area contributed by atoms with Gasteiger partial charge < -0.3 is 9.64 Å². The molecule has 3 rings (SSSR count). The van der Waals surface area contributed by atoms with Gasteiger partial charge in [0.05, 0.1) is 12.2 Å².